The molecular weight excluding hydrogens is 309 g/mol. The first-order valence-corrected chi connectivity index (χ1v) is 7.81. The standard InChI is InChI=1S/C15H17Cl2N3O/c1-2-10-5-7-15(9-18,8-6-10)20-14(21)13-11(16)3-4-12(17)19-13/h3-4,10H,2,5-8H2,1H3,(H,20,21). The van der Waals surface area contributed by atoms with E-state index in [1.165, 1.54) is 12.1 Å². The molecule has 1 aromatic heterocycles. The summed E-state index contributed by atoms with van der Waals surface area (Å²) in [6, 6.07) is 5.31. The maximum Gasteiger partial charge on any atom is 0.272 e. The van der Waals surface area contributed by atoms with E-state index < -0.39 is 11.4 Å². The summed E-state index contributed by atoms with van der Waals surface area (Å²) < 4.78 is 0. The predicted octanol–water partition coefficient (Wildman–Crippen LogP) is 3.98. The third-order valence-electron chi connectivity index (χ3n) is 4.13. The lowest BCUT2D eigenvalue weighted by atomic mass is 9.76. The largest absolute Gasteiger partial charge is 0.332 e. The van der Waals surface area contributed by atoms with Crippen molar-refractivity contribution in [2.75, 3.05) is 0 Å². The van der Waals surface area contributed by atoms with Gasteiger partial charge in [-0.25, -0.2) is 4.98 Å². The van der Waals surface area contributed by atoms with Crippen LogP contribution < -0.4 is 5.32 Å². The smallest absolute Gasteiger partial charge is 0.272 e. The van der Waals surface area contributed by atoms with Gasteiger partial charge in [-0.15, -0.1) is 0 Å². The molecule has 1 fully saturated rings. The van der Waals surface area contributed by atoms with Crippen LogP contribution in [0.2, 0.25) is 10.2 Å². The van der Waals surface area contributed by atoms with E-state index in [2.05, 4.69) is 23.3 Å². The Bertz CT molecular complexity index is 575. The Hall–Kier alpha value is -1.31. The van der Waals surface area contributed by atoms with E-state index in [9.17, 15) is 10.1 Å². The number of pyridine rings is 1. The Morgan fingerprint density at radius 3 is 2.71 bits per heavy atom. The highest BCUT2D eigenvalue weighted by molar-refractivity contribution is 6.34. The minimum absolute atomic E-state index is 0.0661. The monoisotopic (exact) mass is 325 g/mol. The van der Waals surface area contributed by atoms with Crippen molar-refractivity contribution in [1.29, 1.82) is 5.26 Å². The van der Waals surface area contributed by atoms with Crippen molar-refractivity contribution in [3.05, 3.63) is 28.0 Å². The highest BCUT2D eigenvalue weighted by Crippen LogP contribution is 2.33. The number of amides is 1. The SMILES string of the molecule is CCC1CCC(C#N)(NC(=O)c2nc(Cl)ccc2Cl)CC1. The van der Waals surface area contributed by atoms with Crippen LogP contribution in [0.3, 0.4) is 0 Å². The number of rotatable bonds is 3. The van der Waals surface area contributed by atoms with Crippen LogP contribution in [0.15, 0.2) is 12.1 Å². The Kier molecular flexibility index (Phi) is 5.08. The Morgan fingerprint density at radius 2 is 2.14 bits per heavy atom. The molecule has 1 saturated carbocycles. The molecule has 6 heteroatoms. The first-order chi connectivity index (χ1) is 9.99. The van der Waals surface area contributed by atoms with E-state index in [0.717, 1.165) is 19.3 Å². The second kappa shape index (κ2) is 6.64. The zero-order valence-corrected chi connectivity index (χ0v) is 13.3. The molecule has 0 atom stereocenters. The third kappa shape index (κ3) is 3.66. The Morgan fingerprint density at radius 1 is 1.48 bits per heavy atom. The summed E-state index contributed by atoms with van der Waals surface area (Å²) in [4.78, 5) is 16.3. The van der Waals surface area contributed by atoms with Gasteiger partial charge in [0.25, 0.3) is 5.91 Å². The fourth-order valence-electron chi connectivity index (χ4n) is 2.70. The second-order valence-corrected chi connectivity index (χ2v) is 6.26. The van der Waals surface area contributed by atoms with Gasteiger partial charge in [0.1, 0.15) is 16.4 Å². The summed E-state index contributed by atoms with van der Waals surface area (Å²) in [7, 11) is 0. The zero-order chi connectivity index (χ0) is 15.5. The van der Waals surface area contributed by atoms with E-state index in [0.29, 0.717) is 18.8 Å². The molecule has 112 valence electrons. The fourth-order valence-corrected chi connectivity index (χ4v) is 3.04. The molecule has 0 aliphatic heterocycles. The number of nitrogens with one attached hydrogen (secondary N) is 1. The van der Waals surface area contributed by atoms with Gasteiger partial charge >= 0.3 is 0 Å². The van der Waals surface area contributed by atoms with Crippen molar-refractivity contribution in [3.63, 3.8) is 0 Å². The molecule has 0 spiro atoms. The highest BCUT2D eigenvalue weighted by atomic mass is 35.5. The van der Waals surface area contributed by atoms with Gasteiger partial charge in [-0.3, -0.25) is 4.79 Å². The van der Waals surface area contributed by atoms with Gasteiger partial charge in [0.05, 0.1) is 11.1 Å². The maximum absolute atomic E-state index is 12.3. The molecule has 4 nitrogen and oxygen atoms in total. The minimum Gasteiger partial charge on any atom is -0.332 e. The van der Waals surface area contributed by atoms with Gasteiger partial charge in [-0.05, 0) is 43.7 Å². The van der Waals surface area contributed by atoms with Crippen LogP contribution in [0.1, 0.15) is 49.5 Å². The summed E-state index contributed by atoms with van der Waals surface area (Å²) in [5.74, 6) is 0.190. The van der Waals surface area contributed by atoms with Crippen LogP contribution in [0.5, 0.6) is 0 Å². The van der Waals surface area contributed by atoms with E-state index >= 15 is 0 Å². The average Bonchev–Trinajstić information content (AvgIpc) is 2.50. The van der Waals surface area contributed by atoms with Gasteiger partial charge < -0.3 is 5.32 Å². The molecule has 0 saturated heterocycles. The minimum atomic E-state index is -0.823. The first kappa shape index (κ1) is 16.1. The lowest BCUT2D eigenvalue weighted by Gasteiger charge is -2.35. The van der Waals surface area contributed by atoms with Crippen molar-refractivity contribution >= 4 is 29.1 Å². The van der Waals surface area contributed by atoms with Crippen LogP contribution in [0.25, 0.3) is 0 Å². The molecule has 0 bridgehead atoms. The third-order valence-corrected chi connectivity index (χ3v) is 4.65. The number of nitrogens with zero attached hydrogens (tertiary/aromatic N) is 2. The fraction of sp³-hybridized carbons (Fsp3) is 0.533. The van der Waals surface area contributed by atoms with Crippen molar-refractivity contribution in [2.24, 2.45) is 5.92 Å². The molecule has 21 heavy (non-hydrogen) atoms. The van der Waals surface area contributed by atoms with E-state index in [4.69, 9.17) is 23.2 Å². The van der Waals surface area contributed by atoms with Crippen molar-refractivity contribution < 1.29 is 4.79 Å². The summed E-state index contributed by atoms with van der Waals surface area (Å²) in [5.41, 5.74) is -0.757. The number of hydrogen-bond donors (Lipinski definition) is 1. The molecule has 1 aliphatic carbocycles. The average molecular weight is 326 g/mol. The van der Waals surface area contributed by atoms with Gasteiger partial charge in [0.2, 0.25) is 0 Å². The first-order valence-electron chi connectivity index (χ1n) is 7.05. The number of hydrogen-bond acceptors (Lipinski definition) is 3. The summed E-state index contributed by atoms with van der Waals surface area (Å²) in [6.45, 7) is 2.15. The molecule has 0 radical (unpaired) electrons. The summed E-state index contributed by atoms with van der Waals surface area (Å²) >= 11 is 11.8. The number of nitriles is 1. The van der Waals surface area contributed by atoms with Crippen LogP contribution in [-0.2, 0) is 0 Å². The van der Waals surface area contributed by atoms with Gasteiger partial charge in [-0.1, -0.05) is 36.5 Å². The maximum atomic E-state index is 12.3. The molecule has 1 heterocycles. The van der Waals surface area contributed by atoms with E-state index in [1.807, 2.05) is 0 Å². The Labute approximate surface area is 134 Å². The lowest BCUT2D eigenvalue weighted by molar-refractivity contribution is 0.0886. The van der Waals surface area contributed by atoms with Crippen molar-refractivity contribution in [2.45, 2.75) is 44.6 Å². The van der Waals surface area contributed by atoms with Crippen LogP contribution >= 0.6 is 23.2 Å². The molecule has 2 rings (SSSR count). The van der Waals surface area contributed by atoms with Gasteiger partial charge in [-0.2, -0.15) is 5.26 Å². The normalized spacial score (nSPS) is 25.1. The predicted molar refractivity (Wildman–Crippen MR) is 82.3 cm³/mol. The number of carbonyl (C=O) groups is 1. The van der Waals surface area contributed by atoms with Crippen molar-refractivity contribution in [1.82, 2.24) is 10.3 Å². The molecule has 0 unspecified atom stereocenters. The quantitative estimate of drug-likeness (QED) is 0.854. The number of halogens is 2. The summed E-state index contributed by atoms with van der Waals surface area (Å²) in [6.07, 6.45) is 4.32. The molecule has 0 aromatic carbocycles. The second-order valence-electron chi connectivity index (χ2n) is 5.46. The molecule has 1 amide bonds. The molecular formula is C15H17Cl2N3O. The van der Waals surface area contributed by atoms with Crippen LogP contribution in [0.4, 0.5) is 0 Å². The molecule has 1 aliphatic rings. The van der Waals surface area contributed by atoms with Crippen molar-refractivity contribution in [3.8, 4) is 6.07 Å². The van der Waals surface area contributed by atoms with E-state index in [1.54, 1.807) is 0 Å². The highest BCUT2D eigenvalue weighted by Gasteiger charge is 2.37. The lowest BCUT2D eigenvalue weighted by Crippen LogP contribution is -2.49. The number of aromatic nitrogens is 1. The van der Waals surface area contributed by atoms with Crippen LogP contribution in [-0.4, -0.2) is 16.4 Å². The van der Waals surface area contributed by atoms with E-state index in [-0.39, 0.29) is 15.9 Å². The van der Waals surface area contributed by atoms with Gasteiger partial charge in [0, 0.05) is 0 Å². The van der Waals surface area contributed by atoms with Crippen LogP contribution in [0, 0.1) is 17.2 Å². The zero-order valence-electron chi connectivity index (χ0n) is 11.8. The topological polar surface area (TPSA) is 65.8 Å². The molecule has 1 aromatic rings. The summed E-state index contributed by atoms with van der Waals surface area (Å²) in [5, 5.41) is 12.7. The number of carbonyl (C=O) groups excluding carboxylic acids is 1. The molecule has 1 N–H and O–H groups in total. The van der Waals surface area contributed by atoms with Gasteiger partial charge in [0.15, 0.2) is 0 Å². The Balaban J connectivity index is 2.14.